The molecular formula is C32H58O8. The molecule has 0 rings (SSSR count). The minimum Gasteiger partial charge on any atom is -0.481 e. The first-order valence-corrected chi connectivity index (χ1v) is 16.0. The molecule has 0 aromatic carbocycles. The zero-order valence-electron chi connectivity index (χ0n) is 25.6. The maximum atomic E-state index is 12.5. The normalized spacial score (nSPS) is 13.6. The lowest BCUT2D eigenvalue weighted by Crippen LogP contribution is -2.54. The second kappa shape index (κ2) is 23.6. The molecule has 0 aliphatic heterocycles. The summed E-state index contributed by atoms with van der Waals surface area (Å²) in [6, 6.07) is 0. The van der Waals surface area contributed by atoms with E-state index in [0.717, 1.165) is 50.9 Å². The van der Waals surface area contributed by atoms with Gasteiger partial charge in [0.15, 0.2) is 0 Å². The van der Waals surface area contributed by atoms with Crippen molar-refractivity contribution in [3.05, 3.63) is 0 Å². The second-order valence-corrected chi connectivity index (χ2v) is 11.9. The first kappa shape index (κ1) is 37.9. The van der Waals surface area contributed by atoms with Crippen molar-refractivity contribution >= 4 is 23.9 Å². The monoisotopic (exact) mass is 570 g/mol. The van der Waals surface area contributed by atoms with E-state index in [2.05, 4.69) is 20.8 Å². The van der Waals surface area contributed by atoms with Crippen molar-refractivity contribution in [2.75, 3.05) is 0 Å². The van der Waals surface area contributed by atoms with E-state index in [4.69, 9.17) is 4.74 Å². The summed E-state index contributed by atoms with van der Waals surface area (Å²) in [6.07, 6.45) is 18.8. The van der Waals surface area contributed by atoms with Crippen LogP contribution in [0.2, 0.25) is 0 Å². The molecule has 8 heteroatoms. The van der Waals surface area contributed by atoms with Crippen LogP contribution in [0.5, 0.6) is 0 Å². The zero-order chi connectivity index (χ0) is 30.2. The standard InChI is InChI=1S/C32H58O8/c1-4-5-6-16-21-24-29(35)40-32(31(38)39,25-28(33)34)27(30(36)37)23-20-18-15-13-11-9-7-8-10-12-14-17-19-22-26(2)3/h26-27H,4-25H2,1-3H3,(H,33,34)(H,36,37)(H,38,39). The molecule has 0 saturated heterocycles. The number of ether oxygens (including phenoxy) is 1. The Morgan fingerprint density at radius 1 is 0.625 bits per heavy atom. The fourth-order valence-electron chi connectivity index (χ4n) is 5.25. The molecule has 0 saturated carbocycles. The van der Waals surface area contributed by atoms with Crippen molar-refractivity contribution in [2.45, 2.75) is 168 Å². The van der Waals surface area contributed by atoms with Crippen LogP contribution in [0.4, 0.5) is 0 Å². The molecule has 0 aromatic rings. The third-order valence-corrected chi connectivity index (χ3v) is 7.69. The average Bonchev–Trinajstić information content (AvgIpc) is 2.87. The Morgan fingerprint density at radius 2 is 1.05 bits per heavy atom. The Hall–Kier alpha value is -2.12. The first-order valence-electron chi connectivity index (χ1n) is 16.0. The third-order valence-electron chi connectivity index (χ3n) is 7.69. The van der Waals surface area contributed by atoms with Gasteiger partial charge in [-0.05, 0) is 18.8 Å². The Kier molecular flexibility index (Phi) is 22.3. The first-order chi connectivity index (χ1) is 19.1. The smallest absolute Gasteiger partial charge is 0.349 e. The number of carbonyl (C=O) groups is 4. The number of hydrogen-bond donors (Lipinski definition) is 3. The van der Waals surface area contributed by atoms with E-state index in [1.807, 2.05) is 0 Å². The van der Waals surface area contributed by atoms with Crippen molar-refractivity contribution in [1.29, 1.82) is 0 Å². The SMILES string of the molecule is CCCCCCCC(=O)OC(CC(=O)O)(C(=O)O)C(CCCCCCCCCCCCCCCC(C)C)C(=O)O. The molecule has 0 aliphatic carbocycles. The van der Waals surface area contributed by atoms with Gasteiger partial charge < -0.3 is 20.1 Å². The lowest BCUT2D eigenvalue weighted by molar-refractivity contribution is -0.195. The Balaban J connectivity index is 4.52. The molecule has 2 atom stereocenters. The van der Waals surface area contributed by atoms with Crippen LogP contribution in [0.15, 0.2) is 0 Å². The van der Waals surface area contributed by atoms with Crippen molar-refractivity contribution < 1.29 is 39.2 Å². The van der Waals surface area contributed by atoms with Gasteiger partial charge in [-0.2, -0.15) is 0 Å². The van der Waals surface area contributed by atoms with E-state index < -0.39 is 41.8 Å². The van der Waals surface area contributed by atoms with Crippen LogP contribution in [0, 0.1) is 11.8 Å². The van der Waals surface area contributed by atoms with Crippen LogP contribution in [-0.2, 0) is 23.9 Å². The van der Waals surface area contributed by atoms with Gasteiger partial charge in [-0.3, -0.25) is 14.4 Å². The Labute approximate surface area is 242 Å². The molecule has 8 nitrogen and oxygen atoms in total. The molecular weight excluding hydrogens is 512 g/mol. The highest BCUT2D eigenvalue weighted by atomic mass is 16.6. The summed E-state index contributed by atoms with van der Waals surface area (Å²) in [5, 5.41) is 29.1. The number of hydrogen-bond acceptors (Lipinski definition) is 5. The van der Waals surface area contributed by atoms with Gasteiger partial charge >= 0.3 is 23.9 Å². The second-order valence-electron chi connectivity index (χ2n) is 11.9. The summed E-state index contributed by atoms with van der Waals surface area (Å²) in [7, 11) is 0. The van der Waals surface area contributed by atoms with E-state index in [0.29, 0.717) is 19.3 Å². The molecule has 0 amide bonds. The summed E-state index contributed by atoms with van der Waals surface area (Å²) >= 11 is 0. The number of rotatable bonds is 28. The summed E-state index contributed by atoms with van der Waals surface area (Å²) < 4.78 is 5.22. The highest BCUT2D eigenvalue weighted by Gasteiger charge is 2.54. The fourth-order valence-corrected chi connectivity index (χ4v) is 5.25. The lowest BCUT2D eigenvalue weighted by Gasteiger charge is -2.33. The molecule has 0 fully saturated rings. The molecule has 234 valence electrons. The van der Waals surface area contributed by atoms with E-state index in [9.17, 15) is 34.5 Å². The molecule has 0 heterocycles. The van der Waals surface area contributed by atoms with Gasteiger partial charge in [0.1, 0.15) is 5.92 Å². The molecule has 40 heavy (non-hydrogen) atoms. The lowest BCUT2D eigenvalue weighted by atomic mass is 9.80. The van der Waals surface area contributed by atoms with Crippen LogP contribution < -0.4 is 0 Å². The maximum Gasteiger partial charge on any atom is 0.349 e. The molecule has 0 bridgehead atoms. The van der Waals surface area contributed by atoms with Crippen LogP contribution in [0.3, 0.4) is 0 Å². The highest BCUT2D eigenvalue weighted by Crippen LogP contribution is 2.33. The van der Waals surface area contributed by atoms with Crippen molar-refractivity contribution in [2.24, 2.45) is 11.8 Å². The van der Waals surface area contributed by atoms with E-state index in [-0.39, 0.29) is 12.8 Å². The number of carboxylic acids is 3. The minimum atomic E-state index is -2.62. The van der Waals surface area contributed by atoms with E-state index in [1.54, 1.807) is 0 Å². The zero-order valence-corrected chi connectivity index (χ0v) is 25.6. The van der Waals surface area contributed by atoms with Gasteiger partial charge in [0, 0.05) is 6.42 Å². The molecule has 0 spiro atoms. The number of esters is 1. The molecule has 0 aliphatic rings. The summed E-state index contributed by atoms with van der Waals surface area (Å²) in [5.41, 5.74) is -2.62. The maximum absolute atomic E-state index is 12.5. The number of aliphatic carboxylic acids is 3. The van der Waals surface area contributed by atoms with Gasteiger partial charge in [0.25, 0.3) is 0 Å². The van der Waals surface area contributed by atoms with Gasteiger partial charge in [-0.1, -0.05) is 136 Å². The topological polar surface area (TPSA) is 138 Å². The summed E-state index contributed by atoms with van der Waals surface area (Å²) in [6.45, 7) is 6.61. The summed E-state index contributed by atoms with van der Waals surface area (Å²) in [4.78, 5) is 48.3. The highest BCUT2D eigenvalue weighted by molar-refractivity contribution is 5.92. The fraction of sp³-hybridized carbons (Fsp3) is 0.875. The number of unbranched alkanes of at least 4 members (excludes halogenated alkanes) is 16. The van der Waals surface area contributed by atoms with Gasteiger partial charge in [-0.15, -0.1) is 0 Å². The van der Waals surface area contributed by atoms with Gasteiger partial charge in [0.2, 0.25) is 5.60 Å². The molecule has 2 unspecified atom stereocenters. The largest absolute Gasteiger partial charge is 0.481 e. The quantitative estimate of drug-likeness (QED) is 0.0629. The van der Waals surface area contributed by atoms with Crippen LogP contribution >= 0.6 is 0 Å². The predicted molar refractivity (Wildman–Crippen MR) is 157 cm³/mol. The number of carboxylic acid groups (broad SMARTS) is 3. The van der Waals surface area contributed by atoms with Crippen molar-refractivity contribution in [1.82, 2.24) is 0 Å². The Morgan fingerprint density at radius 3 is 1.45 bits per heavy atom. The average molecular weight is 571 g/mol. The van der Waals surface area contributed by atoms with E-state index in [1.165, 1.54) is 57.8 Å². The molecule has 3 N–H and O–H groups in total. The van der Waals surface area contributed by atoms with Crippen LogP contribution in [0.1, 0.15) is 162 Å². The van der Waals surface area contributed by atoms with E-state index >= 15 is 0 Å². The van der Waals surface area contributed by atoms with Gasteiger partial charge in [-0.25, -0.2) is 4.79 Å². The van der Waals surface area contributed by atoms with Crippen LogP contribution in [-0.4, -0.2) is 44.8 Å². The third kappa shape index (κ3) is 18.3. The summed E-state index contributed by atoms with van der Waals surface area (Å²) in [5.74, 6) is -6.40. The van der Waals surface area contributed by atoms with Crippen LogP contribution in [0.25, 0.3) is 0 Å². The number of carbonyl (C=O) groups excluding carboxylic acids is 1. The predicted octanol–water partition coefficient (Wildman–Crippen LogP) is 8.40. The Bertz CT molecular complexity index is 705. The van der Waals surface area contributed by atoms with Crippen molar-refractivity contribution in [3.8, 4) is 0 Å². The van der Waals surface area contributed by atoms with Crippen molar-refractivity contribution in [3.63, 3.8) is 0 Å². The molecule has 0 radical (unpaired) electrons. The van der Waals surface area contributed by atoms with Gasteiger partial charge in [0.05, 0.1) is 6.42 Å². The molecule has 0 aromatic heterocycles. The minimum absolute atomic E-state index is 0.0597.